The molecule has 1 aromatic rings. The third-order valence-corrected chi connectivity index (χ3v) is 3.12. The van der Waals surface area contributed by atoms with Crippen molar-refractivity contribution >= 4 is 11.4 Å². The Morgan fingerprint density at radius 3 is 2.94 bits per heavy atom. The van der Waals surface area contributed by atoms with Gasteiger partial charge in [0.1, 0.15) is 5.75 Å². The first-order valence-electron chi connectivity index (χ1n) is 5.54. The molecular weight excluding hydrogens is 204 g/mol. The van der Waals surface area contributed by atoms with Gasteiger partial charge in [-0.15, -0.1) is 0 Å². The normalized spacial score (nSPS) is 20.1. The highest BCUT2D eigenvalue weighted by Crippen LogP contribution is 2.31. The van der Waals surface area contributed by atoms with Gasteiger partial charge in [0.2, 0.25) is 0 Å². The molecular formula is C12H18N2O2. The lowest BCUT2D eigenvalue weighted by Gasteiger charge is -2.20. The largest absolute Gasteiger partial charge is 0.497 e. The molecule has 0 radical (unpaired) electrons. The molecule has 1 heterocycles. The summed E-state index contributed by atoms with van der Waals surface area (Å²) < 4.78 is 5.12. The summed E-state index contributed by atoms with van der Waals surface area (Å²) in [7, 11) is 1.63. The molecule has 0 amide bonds. The first-order valence-corrected chi connectivity index (χ1v) is 5.54. The molecule has 4 nitrogen and oxygen atoms in total. The fourth-order valence-electron chi connectivity index (χ4n) is 2.15. The van der Waals surface area contributed by atoms with E-state index in [9.17, 15) is 0 Å². The van der Waals surface area contributed by atoms with Crippen LogP contribution in [0.4, 0.5) is 11.4 Å². The van der Waals surface area contributed by atoms with Crippen molar-refractivity contribution in [2.45, 2.75) is 6.42 Å². The maximum Gasteiger partial charge on any atom is 0.121 e. The Kier molecular flexibility index (Phi) is 3.19. The summed E-state index contributed by atoms with van der Waals surface area (Å²) in [5.41, 5.74) is 7.75. The first kappa shape index (κ1) is 11.1. The van der Waals surface area contributed by atoms with Gasteiger partial charge in [-0.1, -0.05) is 0 Å². The molecule has 1 unspecified atom stereocenters. The van der Waals surface area contributed by atoms with E-state index < -0.39 is 0 Å². The van der Waals surface area contributed by atoms with Crippen LogP contribution in [0.25, 0.3) is 0 Å². The number of methoxy groups -OCH3 is 1. The molecule has 1 aliphatic heterocycles. The molecule has 3 N–H and O–H groups in total. The number of hydrogen-bond acceptors (Lipinski definition) is 4. The number of nitrogens with zero attached hydrogens (tertiary/aromatic N) is 1. The van der Waals surface area contributed by atoms with Crippen LogP contribution >= 0.6 is 0 Å². The highest BCUT2D eigenvalue weighted by atomic mass is 16.5. The lowest BCUT2D eigenvalue weighted by atomic mass is 10.1. The van der Waals surface area contributed by atoms with Gasteiger partial charge >= 0.3 is 0 Å². The lowest BCUT2D eigenvalue weighted by Crippen LogP contribution is -2.21. The Hall–Kier alpha value is -1.42. The Morgan fingerprint density at radius 2 is 2.38 bits per heavy atom. The molecule has 1 atom stereocenters. The summed E-state index contributed by atoms with van der Waals surface area (Å²) in [6.07, 6.45) is 1.03. The number of benzene rings is 1. The molecule has 1 saturated heterocycles. The summed E-state index contributed by atoms with van der Waals surface area (Å²) in [5.74, 6) is 1.15. The zero-order valence-electron chi connectivity index (χ0n) is 9.52. The van der Waals surface area contributed by atoms with Crippen molar-refractivity contribution in [3.8, 4) is 5.75 Å². The van der Waals surface area contributed by atoms with Gasteiger partial charge in [-0.3, -0.25) is 0 Å². The monoisotopic (exact) mass is 222 g/mol. The second kappa shape index (κ2) is 4.61. The second-order valence-corrected chi connectivity index (χ2v) is 4.21. The molecule has 1 fully saturated rings. The average Bonchev–Trinajstić information content (AvgIpc) is 2.77. The number of aliphatic hydroxyl groups excluding tert-OH is 1. The van der Waals surface area contributed by atoms with Crippen LogP contribution in [-0.2, 0) is 0 Å². The minimum absolute atomic E-state index is 0.257. The second-order valence-electron chi connectivity index (χ2n) is 4.21. The van der Waals surface area contributed by atoms with Crippen LogP contribution in [0.1, 0.15) is 6.42 Å². The van der Waals surface area contributed by atoms with E-state index in [1.54, 1.807) is 7.11 Å². The lowest BCUT2D eigenvalue weighted by molar-refractivity contribution is 0.238. The third-order valence-electron chi connectivity index (χ3n) is 3.12. The predicted molar refractivity (Wildman–Crippen MR) is 64.8 cm³/mol. The smallest absolute Gasteiger partial charge is 0.121 e. The van der Waals surface area contributed by atoms with Gasteiger partial charge in [-0.25, -0.2) is 0 Å². The summed E-state index contributed by atoms with van der Waals surface area (Å²) in [6.45, 7) is 2.10. The van der Waals surface area contributed by atoms with Crippen LogP contribution in [0.2, 0.25) is 0 Å². The van der Waals surface area contributed by atoms with Gasteiger partial charge in [0.05, 0.1) is 18.5 Å². The maximum atomic E-state index is 9.10. The number of aliphatic hydroxyl groups is 1. The van der Waals surface area contributed by atoms with Crippen LogP contribution in [0.3, 0.4) is 0 Å². The van der Waals surface area contributed by atoms with E-state index in [2.05, 4.69) is 4.90 Å². The molecule has 2 rings (SSSR count). The maximum absolute atomic E-state index is 9.10. The van der Waals surface area contributed by atoms with Crippen molar-refractivity contribution < 1.29 is 9.84 Å². The van der Waals surface area contributed by atoms with E-state index in [0.717, 1.165) is 36.6 Å². The van der Waals surface area contributed by atoms with Crippen LogP contribution in [0.15, 0.2) is 18.2 Å². The van der Waals surface area contributed by atoms with Gasteiger partial charge < -0.3 is 20.5 Å². The molecule has 0 saturated carbocycles. The van der Waals surface area contributed by atoms with Gasteiger partial charge in [0.25, 0.3) is 0 Å². The number of nitrogen functional groups attached to an aromatic ring is 1. The van der Waals surface area contributed by atoms with Crippen molar-refractivity contribution in [2.75, 3.05) is 37.4 Å². The molecule has 4 heteroatoms. The van der Waals surface area contributed by atoms with E-state index in [1.165, 1.54) is 0 Å². The van der Waals surface area contributed by atoms with E-state index in [4.69, 9.17) is 15.6 Å². The quantitative estimate of drug-likeness (QED) is 0.752. The van der Waals surface area contributed by atoms with Crippen molar-refractivity contribution in [3.05, 3.63) is 18.2 Å². The minimum Gasteiger partial charge on any atom is -0.497 e. The Balaban J connectivity index is 2.15. The predicted octanol–water partition coefficient (Wildman–Crippen LogP) is 1.10. The molecule has 16 heavy (non-hydrogen) atoms. The van der Waals surface area contributed by atoms with Crippen LogP contribution < -0.4 is 15.4 Å². The van der Waals surface area contributed by atoms with Gasteiger partial charge in [0, 0.05) is 31.7 Å². The number of anilines is 2. The third kappa shape index (κ3) is 2.07. The zero-order valence-corrected chi connectivity index (χ0v) is 9.52. The van der Waals surface area contributed by atoms with E-state index in [1.807, 2.05) is 18.2 Å². The Morgan fingerprint density at radius 1 is 1.56 bits per heavy atom. The number of nitrogens with two attached hydrogens (primary N) is 1. The Bertz CT molecular complexity index is 368. The summed E-state index contributed by atoms with van der Waals surface area (Å²) in [4.78, 5) is 2.22. The summed E-state index contributed by atoms with van der Waals surface area (Å²) >= 11 is 0. The SMILES string of the molecule is COc1ccc(N2CCC(CO)C2)c(N)c1. The van der Waals surface area contributed by atoms with E-state index in [0.29, 0.717) is 5.92 Å². The highest BCUT2D eigenvalue weighted by molar-refractivity contribution is 5.69. The summed E-state index contributed by atoms with van der Waals surface area (Å²) in [5, 5.41) is 9.10. The van der Waals surface area contributed by atoms with Gasteiger partial charge in [-0.2, -0.15) is 0 Å². The molecule has 0 aromatic heterocycles. The van der Waals surface area contributed by atoms with Gasteiger partial charge in [0.15, 0.2) is 0 Å². The van der Waals surface area contributed by atoms with E-state index in [-0.39, 0.29) is 6.61 Å². The highest BCUT2D eigenvalue weighted by Gasteiger charge is 2.23. The van der Waals surface area contributed by atoms with E-state index >= 15 is 0 Å². The number of ether oxygens (including phenoxy) is 1. The van der Waals surface area contributed by atoms with Gasteiger partial charge in [-0.05, 0) is 18.6 Å². The topological polar surface area (TPSA) is 58.7 Å². The molecule has 0 spiro atoms. The van der Waals surface area contributed by atoms with Crippen LogP contribution in [0.5, 0.6) is 5.75 Å². The standard InChI is InChI=1S/C12H18N2O2/c1-16-10-2-3-12(11(13)6-10)14-5-4-9(7-14)8-15/h2-3,6,9,15H,4-5,7-8,13H2,1H3. The fraction of sp³-hybridized carbons (Fsp3) is 0.500. The Labute approximate surface area is 95.6 Å². The molecule has 0 aliphatic carbocycles. The first-order chi connectivity index (χ1) is 7.74. The van der Waals surface area contributed by atoms with Crippen molar-refractivity contribution in [1.82, 2.24) is 0 Å². The number of rotatable bonds is 3. The zero-order chi connectivity index (χ0) is 11.5. The molecule has 1 aromatic carbocycles. The van der Waals surface area contributed by atoms with Crippen molar-refractivity contribution in [2.24, 2.45) is 5.92 Å². The molecule has 0 bridgehead atoms. The van der Waals surface area contributed by atoms with Crippen molar-refractivity contribution in [1.29, 1.82) is 0 Å². The average molecular weight is 222 g/mol. The van der Waals surface area contributed by atoms with Crippen molar-refractivity contribution in [3.63, 3.8) is 0 Å². The fourth-order valence-corrected chi connectivity index (χ4v) is 2.15. The summed E-state index contributed by atoms with van der Waals surface area (Å²) in [6, 6.07) is 5.73. The molecule has 1 aliphatic rings. The molecule has 88 valence electrons. The van der Waals surface area contributed by atoms with Crippen LogP contribution in [0, 0.1) is 5.92 Å². The van der Waals surface area contributed by atoms with Crippen LogP contribution in [-0.4, -0.2) is 31.9 Å². The number of hydrogen-bond donors (Lipinski definition) is 2. The minimum atomic E-state index is 0.257.